The van der Waals surface area contributed by atoms with Gasteiger partial charge in [-0.15, -0.1) is 0 Å². The highest BCUT2D eigenvalue weighted by Gasteiger charge is 2.37. The summed E-state index contributed by atoms with van der Waals surface area (Å²) < 4.78 is 5.70. The number of nitrogens with one attached hydrogen (secondary N) is 1. The van der Waals surface area contributed by atoms with E-state index in [1.165, 1.54) is 18.4 Å². The second kappa shape index (κ2) is 6.18. The molecule has 0 aliphatic carbocycles. The number of hydrogen-bond donors (Lipinski definition) is 1. The van der Waals surface area contributed by atoms with Crippen molar-refractivity contribution in [2.45, 2.75) is 31.6 Å². The summed E-state index contributed by atoms with van der Waals surface area (Å²) in [6.07, 6.45) is 3.52. The molecule has 1 aliphatic heterocycles. The van der Waals surface area contributed by atoms with Crippen LogP contribution in [-0.4, -0.2) is 26.3 Å². The smallest absolute Gasteiger partial charge is 0.0475 e. The summed E-state index contributed by atoms with van der Waals surface area (Å²) in [5.41, 5.74) is 1.78. The summed E-state index contributed by atoms with van der Waals surface area (Å²) in [4.78, 5) is 0. The predicted molar refractivity (Wildman–Crippen MR) is 71.3 cm³/mol. The maximum absolute atomic E-state index is 5.70. The van der Waals surface area contributed by atoms with E-state index in [1.54, 1.807) is 0 Å². The second-order valence-corrected chi connectivity index (χ2v) is 4.97. The normalized spacial score (nSPS) is 17.7. The van der Waals surface area contributed by atoms with Crippen LogP contribution in [0.25, 0.3) is 0 Å². The van der Waals surface area contributed by atoms with E-state index in [0.717, 1.165) is 32.7 Å². The first kappa shape index (κ1) is 12.6. The van der Waals surface area contributed by atoms with Crippen molar-refractivity contribution in [3.8, 4) is 0 Å². The molecular weight excluding hydrogens is 210 g/mol. The molecule has 1 saturated heterocycles. The van der Waals surface area contributed by atoms with Gasteiger partial charge in [-0.05, 0) is 18.4 Å². The van der Waals surface area contributed by atoms with E-state index < -0.39 is 0 Å². The van der Waals surface area contributed by atoms with Crippen molar-refractivity contribution < 1.29 is 4.74 Å². The molecule has 1 fully saturated rings. The third-order valence-corrected chi connectivity index (χ3v) is 3.68. The minimum atomic E-state index is 0.327. The Labute approximate surface area is 104 Å². The number of ether oxygens (including phenoxy) is 1. The van der Waals surface area contributed by atoms with Gasteiger partial charge >= 0.3 is 0 Å². The van der Waals surface area contributed by atoms with Crippen LogP contribution in [0.2, 0.25) is 0 Å². The van der Waals surface area contributed by atoms with E-state index >= 15 is 0 Å². The Balaban J connectivity index is 1.84. The van der Waals surface area contributed by atoms with Crippen molar-refractivity contribution >= 4 is 0 Å². The van der Waals surface area contributed by atoms with E-state index in [4.69, 9.17) is 4.74 Å². The average Bonchev–Trinajstić information content (AvgIpc) is 2.33. The van der Waals surface area contributed by atoms with E-state index in [1.807, 2.05) is 0 Å². The Morgan fingerprint density at radius 3 is 2.53 bits per heavy atom. The first-order valence-electron chi connectivity index (χ1n) is 6.71. The molecular formula is C15H23NO. The van der Waals surface area contributed by atoms with Crippen molar-refractivity contribution in [1.29, 1.82) is 0 Å². The number of benzene rings is 1. The molecule has 17 heavy (non-hydrogen) atoms. The van der Waals surface area contributed by atoms with Crippen molar-refractivity contribution in [3.63, 3.8) is 0 Å². The van der Waals surface area contributed by atoms with Crippen molar-refractivity contribution in [3.05, 3.63) is 35.9 Å². The summed E-state index contributed by atoms with van der Waals surface area (Å²) in [6.45, 7) is 6.18. The molecule has 0 radical (unpaired) electrons. The van der Waals surface area contributed by atoms with Crippen LogP contribution in [0.5, 0.6) is 0 Å². The van der Waals surface area contributed by atoms with Crippen LogP contribution in [0, 0.1) is 0 Å². The number of unbranched alkanes of at least 4 members (excludes halogenated alkanes) is 1. The van der Waals surface area contributed by atoms with Crippen molar-refractivity contribution in [2.75, 3.05) is 26.3 Å². The van der Waals surface area contributed by atoms with E-state index in [-0.39, 0.29) is 0 Å². The fourth-order valence-corrected chi connectivity index (χ4v) is 2.36. The van der Waals surface area contributed by atoms with Crippen LogP contribution >= 0.6 is 0 Å². The lowest BCUT2D eigenvalue weighted by Crippen LogP contribution is -2.57. The van der Waals surface area contributed by atoms with E-state index in [0.29, 0.717) is 5.41 Å². The number of hydrogen-bond acceptors (Lipinski definition) is 2. The molecule has 2 heteroatoms. The summed E-state index contributed by atoms with van der Waals surface area (Å²) in [6, 6.07) is 10.8. The molecule has 0 aromatic heterocycles. The molecule has 2 nitrogen and oxygen atoms in total. The molecule has 0 amide bonds. The van der Waals surface area contributed by atoms with Crippen LogP contribution in [0.15, 0.2) is 30.3 Å². The Morgan fingerprint density at radius 1 is 1.18 bits per heavy atom. The highest BCUT2D eigenvalue weighted by Crippen LogP contribution is 2.31. The van der Waals surface area contributed by atoms with Gasteiger partial charge in [-0.25, -0.2) is 0 Å². The van der Waals surface area contributed by atoms with Gasteiger partial charge in [0.25, 0.3) is 0 Å². The van der Waals surface area contributed by atoms with E-state index in [9.17, 15) is 0 Å². The molecule has 0 bridgehead atoms. The van der Waals surface area contributed by atoms with Crippen molar-refractivity contribution in [2.24, 2.45) is 0 Å². The Bertz CT molecular complexity index is 319. The highest BCUT2D eigenvalue weighted by atomic mass is 16.5. The summed E-state index contributed by atoms with van der Waals surface area (Å²) in [5, 5.41) is 3.40. The zero-order valence-electron chi connectivity index (χ0n) is 10.7. The second-order valence-electron chi connectivity index (χ2n) is 4.97. The standard InChI is InChI=1S/C15H23NO/c1-2-3-10-17-11-9-15(12-16-13-15)14-7-5-4-6-8-14/h4-8,16H,2-3,9-13H2,1H3. The minimum Gasteiger partial charge on any atom is -0.381 e. The molecule has 2 rings (SSSR count). The maximum Gasteiger partial charge on any atom is 0.0475 e. The monoisotopic (exact) mass is 233 g/mol. The van der Waals surface area contributed by atoms with E-state index in [2.05, 4.69) is 42.6 Å². The van der Waals surface area contributed by atoms with Crippen molar-refractivity contribution in [1.82, 2.24) is 5.32 Å². The molecule has 1 aliphatic rings. The van der Waals surface area contributed by atoms with Gasteiger partial charge in [0.05, 0.1) is 0 Å². The van der Waals surface area contributed by atoms with Gasteiger partial charge in [0, 0.05) is 31.7 Å². The molecule has 1 N–H and O–H groups in total. The van der Waals surface area contributed by atoms with Crippen LogP contribution in [0.1, 0.15) is 31.7 Å². The summed E-state index contributed by atoms with van der Waals surface area (Å²) in [7, 11) is 0. The Hall–Kier alpha value is -0.860. The zero-order chi connectivity index (χ0) is 12.0. The molecule has 1 aromatic carbocycles. The first-order chi connectivity index (χ1) is 8.37. The lowest BCUT2D eigenvalue weighted by molar-refractivity contribution is 0.0973. The van der Waals surface area contributed by atoms with Gasteiger partial charge in [-0.1, -0.05) is 43.7 Å². The third-order valence-electron chi connectivity index (χ3n) is 3.68. The van der Waals surface area contributed by atoms with Gasteiger partial charge in [-0.2, -0.15) is 0 Å². The van der Waals surface area contributed by atoms with Crippen LogP contribution < -0.4 is 5.32 Å². The van der Waals surface area contributed by atoms with Gasteiger partial charge in [0.1, 0.15) is 0 Å². The summed E-state index contributed by atoms with van der Waals surface area (Å²) in [5.74, 6) is 0. The average molecular weight is 233 g/mol. The Morgan fingerprint density at radius 2 is 1.94 bits per heavy atom. The molecule has 94 valence electrons. The maximum atomic E-state index is 5.70. The lowest BCUT2D eigenvalue weighted by Gasteiger charge is -2.43. The molecule has 1 heterocycles. The number of rotatable bonds is 7. The van der Waals surface area contributed by atoms with Gasteiger partial charge in [0.2, 0.25) is 0 Å². The fraction of sp³-hybridized carbons (Fsp3) is 0.600. The SMILES string of the molecule is CCCCOCCC1(c2ccccc2)CNC1. The minimum absolute atomic E-state index is 0.327. The Kier molecular flexibility index (Phi) is 4.57. The van der Waals surface area contributed by atoms with Crippen LogP contribution in [-0.2, 0) is 10.2 Å². The zero-order valence-corrected chi connectivity index (χ0v) is 10.7. The molecule has 0 spiro atoms. The molecule has 1 aromatic rings. The lowest BCUT2D eigenvalue weighted by atomic mass is 9.73. The highest BCUT2D eigenvalue weighted by molar-refractivity contribution is 5.29. The van der Waals surface area contributed by atoms with Gasteiger partial charge in [-0.3, -0.25) is 0 Å². The quantitative estimate of drug-likeness (QED) is 0.731. The van der Waals surface area contributed by atoms with Gasteiger partial charge < -0.3 is 10.1 Å². The summed E-state index contributed by atoms with van der Waals surface area (Å²) >= 11 is 0. The third kappa shape index (κ3) is 3.08. The predicted octanol–water partition coefficient (Wildman–Crippen LogP) is 2.73. The topological polar surface area (TPSA) is 21.3 Å². The fourth-order valence-electron chi connectivity index (χ4n) is 2.36. The van der Waals surface area contributed by atoms with Crippen LogP contribution in [0.3, 0.4) is 0 Å². The molecule has 0 saturated carbocycles. The first-order valence-corrected chi connectivity index (χ1v) is 6.71. The largest absolute Gasteiger partial charge is 0.381 e. The molecule has 0 atom stereocenters. The van der Waals surface area contributed by atoms with Crippen LogP contribution in [0.4, 0.5) is 0 Å². The molecule has 0 unspecified atom stereocenters. The van der Waals surface area contributed by atoms with Gasteiger partial charge in [0.15, 0.2) is 0 Å².